The van der Waals surface area contributed by atoms with Gasteiger partial charge in [-0.25, -0.2) is 14.2 Å². The number of carbonyl (C=O) groups excluding carboxylic acids is 1. The van der Waals surface area contributed by atoms with Gasteiger partial charge in [-0.2, -0.15) is 8.78 Å². The maximum absolute atomic E-state index is 14.8. The molecule has 0 aliphatic carbocycles. The molecule has 2 heterocycles. The van der Waals surface area contributed by atoms with Crippen LogP contribution in [0.5, 0.6) is 11.5 Å². The Kier molecular flexibility index (Phi) is 8.13. The molecule has 0 bridgehead atoms. The molecule has 39 heavy (non-hydrogen) atoms. The molecule has 0 N–H and O–H groups in total. The third kappa shape index (κ3) is 5.84. The molecule has 3 aromatic rings. The van der Waals surface area contributed by atoms with Crippen molar-refractivity contribution >= 4 is 29.5 Å². The Balaban J connectivity index is 1.75. The fourth-order valence-electron chi connectivity index (χ4n) is 4.35. The number of benzene rings is 2. The smallest absolute Gasteiger partial charge is 0.481 e. The van der Waals surface area contributed by atoms with Crippen molar-refractivity contribution in [3.8, 4) is 11.5 Å². The van der Waals surface area contributed by atoms with Crippen LogP contribution < -0.4 is 14.9 Å². The molecule has 0 atom stereocenters. The number of hydrogen-bond donors (Lipinski definition) is 0. The minimum atomic E-state index is -3.19. The van der Waals surface area contributed by atoms with Crippen LogP contribution in [-0.2, 0) is 31.7 Å². The van der Waals surface area contributed by atoms with Crippen LogP contribution in [0.15, 0.2) is 36.4 Å². The summed E-state index contributed by atoms with van der Waals surface area (Å²) in [6.07, 6.45) is 0.508. The van der Waals surface area contributed by atoms with Crippen LogP contribution in [0, 0.1) is 5.82 Å². The molecule has 7 nitrogen and oxygen atoms in total. The number of nitrogens with zero attached hydrogens (tertiary/aromatic N) is 1. The zero-order valence-corrected chi connectivity index (χ0v) is 22.8. The predicted molar refractivity (Wildman–Crippen MR) is 140 cm³/mol. The minimum Gasteiger partial charge on any atom is -0.481 e. The number of alkyl halides is 2. The molecule has 1 saturated heterocycles. The number of hydrogen-bond acceptors (Lipinski definition) is 7. The first kappa shape index (κ1) is 28.7. The van der Waals surface area contributed by atoms with Crippen molar-refractivity contribution in [3.05, 3.63) is 59.0 Å². The van der Waals surface area contributed by atoms with Crippen molar-refractivity contribution in [3.63, 3.8) is 0 Å². The Morgan fingerprint density at radius 1 is 1.05 bits per heavy atom. The van der Waals surface area contributed by atoms with Crippen LogP contribution >= 0.6 is 0 Å². The van der Waals surface area contributed by atoms with E-state index in [1.54, 1.807) is 6.92 Å². The molecule has 1 aliphatic heterocycles. The highest BCUT2D eigenvalue weighted by Gasteiger charge is 2.51. The first-order valence-corrected chi connectivity index (χ1v) is 12.6. The molecule has 2 aromatic carbocycles. The Morgan fingerprint density at radius 2 is 1.69 bits per heavy atom. The second-order valence-electron chi connectivity index (χ2n) is 10.2. The first-order valence-electron chi connectivity index (χ1n) is 12.6. The van der Waals surface area contributed by atoms with Gasteiger partial charge in [0.1, 0.15) is 22.8 Å². The SMILES string of the molecule is CCc1nc2c(F)ccc(OCC(=O)OC)c2c(OC(F)F)c1Cc1ccc(B2OC(C)(C)C(C)(C)O2)cc1. The van der Waals surface area contributed by atoms with E-state index in [1.807, 2.05) is 52.0 Å². The van der Waals surface area contributed by atoms with Crippen molar-refractivity contribution < 1.29 is 41.5 Å². The van der Waals surface area contributed by atoms with Crippen LogP contribution in [0.2, 0.25) is 0 Å². The molecule has 0 amide bonds. The number of pyridine rings is 1. The summed E-state index contributed by atoms with van der Waals surface area (Å²) >= 11 is 0. The van der Waals surface area contributed by atoms with Crippen molar-refractivity contribution in [2.45, 2.75) is 65.3 Å². The molecule has 1 aromatic heterocycles. The average Bonchev–Trinajstić information content (AvgIpc) is 3.11. The highest BCUT2D eigenvalue weighted by Crippen LogP contribution is 2.41. The van der Waals surface area contributed by atoms with Crippen LogP contribution in [0.1, 0.15) is 51.4 Å². The Bertz CT molecular complexity index is 1350. The van der Waals surface area contributed by atoms with Gasteiger partial charge in [0.25, 0.3) is 0 Å². The quantitative estimate of drug-likeness (QED) is 0.277. The lowest BCUT2D eigenvalue weighted by Gasteiger charge is -2.32. The number of carbonyl (C=O) groups is 1. The standard InChI is InChI=1S/C28H31BF3NO6/c1-7-20-18(14-16-8-10-17(11-9-16)29-38-27(2,3)28(4,5)39-29)25(37-26(31)32)23-21(36-15-22(34)35-6)13-12-19(30)24(23)33-20/h8-13,26H,7,14-15H2,1-6H3. The highest BCUT2D eigenvalue weighted by atomic mass is 19.3. The van der Waals surface area contributed by atoms with Gasteiger partial charge in [-0.3, -0.25) is 0 Å². The van der Waals surface area contributed by atoms with Gasteiger partial charge in [-0.1, -0.05) is 31.2 Å². The zero-order chi connectivity index (χ0) is 28.5. The summed E-state index contributed by atoms with van der Waals surface area (Å²) < 4.78 is 69.5. The van der Waals surface area contributed by atoms with Crippen LogP contribution in [0.3, 0.4) is 0 Å². The molecule has 4 rings (SSSR count). The topological polar surface area (TPSA) is 76.1 Å². The van der Waals surface area contributed by atoms with E-state index in [0.29, 0.717) is 17.7 Å². The summed E-state index contributed by atoms with van der Waals surface area (Å²) in [5.74, 6) is -1.70. The third-order valence-electron chi connectivity index (χ3n) is 7.19. The molecule has 0 spiro atoms. The van der Waals surface area contributed by atoms with E-state index in [2.05, 4.69) is 9.72 Å². The molecule has 1 fully saturated rings. The number of methoxy groups -OCH3 is 1. The number of aryl methyl sites for hydroxylation is 1. The molecule has 0 radical (unpaired) electrons. The summed E-state index contributed by atoms with van der Waals surface area (Å²) in [4.78, 5) is 16.1. The van der Waals surface area contributed by atoms with E-state index in [0.717, 1.165) is 17.1 Å². The summed E-state index contributed by atoms with van der Waals surface area (Å²) in [5.41, 5.74) is 1.18. The molecule has 11 heteroatoms. The summed E-state index contributed by atoms with van der Waals surface area (Å²) in [7, 11) is 0.637. The summed E-state index contributed by atoms with van der Waals surface area (Å²) in [6, 6.07) is 9.75. The van der Waals surface area contributed by atoms with E-state index < -0.39 is 43.3 Å². The van der Waals surface area contributed by atoms with Gasteiger partial charge in [-0.15, -0.1) is 0 Å². The predicted octanol–water partition coefficient (Wildman–Crippen LogP) is 4.98. The summed E-state index contributed by atoms with van der Waals surface area (Å²) in [5, 5.41) is -0.0831. The summed E-state index contributed by atoms with van der Waals surface area (Å²) in [6.45, 7) is 5.97. The van der Waals surface area contributed by atoms with E-state index in [9.17, 15) is 18.0 Å². The number of fused-ring (bicyclic) bond motifs is 1. The zero-order valence-electron chi connectivity index (χ0n) is 22.8. The number of aromatic nitrogens is 1. The number of esters is 1. The Morgan fingerprint density at radius 3 is 2.26 bits per heavy atom. The van der Waals surface area contributed by atoms with Crippen molar-refractivity contribution in [1.29, 1.82) is 0 Å². The maximum Gasteiger partial charge on any atom is 0.494 e. The van der Waals surface area contributed by atoms with Crippen LogP contribution in [0.25, 0.3) is 10.9 Å². The van der Waals surface area contributed by atoms with Gasteiger partial charge in [-0.05, 0) is 57.3 Å². The number of ether oxygens (including phenoxy) is 3. The van der Waals surface area contributed by atoms with E-state index in [1.165, 1.54) is 13.2 Å². The van der Waals surface area contributed by atoms with Gasteiger partial charge in [0.05, 0.1) is 23.7 Å². The highest BCUT2D eigenvalue weighted by molar-refractivity contribution is 6.62. The Hall–Kier alpha value is -3.31. The fourth-order valence-corrected chi connectivity index (χ4v) is 4.35. The third-order valence-corrected chi connectivity index (χ3v) is 7.19. The first-order chi connectivity index (χ1) is 18.4. The van der Waals surface area contributed by atoms with Crippen molar-refractivity contribution in [2.24, 2.45) is 0 Å². The molecule has 1 aliphatic rings. The average molecular weight is 545 g/mol. The van der Waals surface area contributed by atoms with Gasteiger partial charge in [0, 0.05) is 17.7 Å². The lowest BCUT2D eigenvalue weighted by Crippen LogP contribution is -2.41. The van der Waals surface area contributed by atoms with Crippen LogP contribution in [0.4, 0.5) is 13.2 Å². The normalized spacial score (nSPS) is 16.1. The van der Waals surface area contributed by atoms with Crippen molar-refractivity contribution in [2.75, 3.05) is 13.7 Å². The molecule has 208 valence electrons. The Labute approximate surface area is 225 Å². The van der Waals surface area contributed by atoms with Gasteiger partial charge >= 0.3 is 19.7 Å². The lowest BCUT2D eigenvalue weighted by atomic mass is 9.78. The van der Waals surface area contributed by atoms with Crippen molar-refractivity contribution in [1.82, 2.24) is 4.98 Å². The van der Waals surface area contributed by atoms with Gasteiger partial charge in [0.15, 0.2) is 6.61 Å². The van der Waals surface area contributed by atoms with Gasteiger partial charge in [0.2, 0.25) is 0 Å². The fraction of sp³-hybridized carbons (Fsp3) is 0.429. The molecule has 0 saturated carbocycles. The molecule has 0 unspecified atom stereocenters. The number of halogens is 3. The monoisotopic (exact) mass is 545 g/mol. The second-order valence-corrected chi connectivity index (χ2v) is 10.2. The largest absolute Gasteiger partial charge is 0.494 e. The van der Waals surface area contributed by atoms with Crippen LogP contribution in [-0.4, -0.2) is 49.6 Å². The van der Waals surface area contributed by atoms with E-state index >= 15 is 0 Å². The lowest BCUT2D eigenvalue weighted by molar-refractivity contribution is -0.142. The molecular weight excluding hydrogens is 514 g/mol. The maximum atomic E-state index is 14.8. The van der Waals surface area contributed by atoms with E-state index in [4.69, 9.17) is 18.8 Å². The van der Waals surface area contributed by atoms with E-state index in [-0.39, 0.29) is 28.8 Å². The molecular formula is C28H31BF3NO6. The van der Waals surface area contributed by atoms with Gasteiger partial charge < -0.3 is 23.5 Å². The second kappa shape index (κ2) is 11.1. The minimum absolute atomic E-state index is 0.0278. The number of rotatable bonds is 9.